The van der Waals surface area contributed by atoms with Crippen LogP contribution in [0.15, 0.2) is 30.3 Å². The Morgan fingerprint density at radius 3 is 2.50 bits per heavy atom. The summed E-state index contributed by atoms with van der Waals surface area (Å²) in [6.45, 7) is 4.45. The van der Waals surface area contributed by atoms with Crippen LogP contribution in [0.4, 0.5) is 15.9 Å². The lowest BCUT2D eigenvalue weighted by atomic mass is 9.74. The Morgan fingerprint density at radius 2 is 1.92 bits per heavy atom. The Morgan fingerprint density at radius 1 is 1.31 bits per heavy atom. The summed E-state index contributed by atoms with van der Waals surface area (Å²) in [5.41, 5.74) is 7.41. The van der Waals surface area contributed by atoms with Crippen molar-refractivity contribution < 1.29 is 9.18 Å². The molecule has 0 spiro atoms. The molecule has 0 unspecified atom stereocenters. The number of likely N-dealkylation sites (tertiary alicyclic amines) is 1. The Kier molecular flexibility index (Phi) is 5.16. The standard InChI is InChI=1S/C19H22ClFN4O/c1-19(7-9-25(2)10-8-19)12-3-5-13(6-4-12)23-18-14(17(22)26)11-15(21)16(20)24-18/h3-6,11H,7-10H2,1-2H3,(H2,22,26)(H,23,24). The summed E-state index contributed by atoms with van der Waals surface area (Å²) in [6.07, 6.45) is 2.22. The van der Waals surface area contributed by atoms with Gasteiger partial charge in [-0.2, -0.15) is 0 Å². The molecule has 1 aromatic heterocycles. The number of pyridine rings is 1. The van der Waals surface area contributed by atoms with Gasteiger partial charge in [-0.05, 0) is 62.2 Å². The molecule has 3 N–H and O–H groups in total. The van der Waals surface area contributed by atoms with Crippen LogP contribution in [0.5, 0.6) is 0 Å². The number of nitrogens with two attached hydrogens (primary N) is 1. The summed E-state index contributed by atoms with van der Waals surface area (Å²) in [7, 11) is 2.14. The molecule has 26 heavy (non-hydrogen) atoms. The van der Waals surface area contributed by atoms with E-state index in [4.69, 9.17) is 17.3 Å². The second-order valence-electron chi connectivity index (χ2n) is 7.09. The largest absolute Gasteiger partial charge is 0.365 e. The van der Waals surface area contributed by atoms with Crippen molar-refractivity contribution in [3.05, 3.63) is 52.4 Å². The van der Waals surface area contributed by atoms with E-state index in [2.05, 4.69) is 41.3 Å². The fourth-order valence-electron chi connectivity index (χ4n) is 3.24. The van der Waals surface area contributed by atoms with Gasteiger partial charge in [0.2, 0.25) is 0 Å². The number of carbonyl (C=O) groups is 1. The minimum Gasteiger partial charge on any atom is -0.365 e. The van der Waals surface area contributed by atoms with E-state index >= 15 is 0 Å². The van der Waals surface area contributed by atoms with Gasteiger partial charge in [0.15, 0.2) is 11.0 Å². The lowest BCUT2D eigenvalue weighted by molar-refractivity contribution is 0.100. The van der Waals surface area contributed by atoms with E-state index in [-0.39, 0.29) is 21.9 Å². The average molecular weight is 377 g/mol. The molecule has 0 radical (unpaired) electrons. The number of rotatable bonds is 4. The molecular formula is C19H22ClFN4O. The SMILES string of the molecule is CN1CCC(C)(c2ccc(Nc3nc(Cl)c(F)cc3C(N)=O)cc2)CC1. The number of anilines is 2. The first kappa shape index (κ1) is 18.6. The number of carbonyl (C=O) groups excluding carboxylic acids is 1. The van der Waals surface area contributed by atoms with E-state index in [0.717, 1.165) is 37.7 Å². The van der Waals surface area contributed by atoms with Gasteiger partial charge >= 0.3 is 0 Å². The van der Waals surface area contributed by atoms with E-state index in [1.54, 1.807) is 0 Å². The van der Waals surface area contributed by atoms with Crippen LogP contribution >= 0.6 is 11.6 Å². The molecule has 0 atom stereocenters. The molecule has 1 fully saturated rings. The predicted octanol–water partition coefficient (Wildman–Crippen LogP) is 3.70. The average Bonchev–Trinajstić information content (AvgIpc) is 2.61. The zero-order chi connectivity index (χ0) is 18.9. The third-order valence-corrected chi connectivity index (χ3v) is 5.40. The summed E-state index contributed by atoms with van der Waals surface area (Å²) in [5, 5.41) is 2.69. The zero-order valence-electron chi connectivity index (χ0n) is 14.9. The molecule has 0 aliphatic carbocycles. The molecule has 2 aromatic rings. The minimum atomic E-state index is -0.781. The van der Waals surface area contributed by atoms with Crippen molar-refractivity contribution in [3.8, 4) is 0 Å². The van der Waals surface area contributed by atoms with Crippen molar-refractivity contribution in [2.24, 2.45) is 5.73 Å². The van der Waals surface area contributed by atoms with Gasteiger partial charge < -0.3 is 16.0 Å². The Bertz CT molecular complexity index is 817. The summed E-state index contributed by atoms with van der Waals surface area (Å²) >= 11 is 5.73. The number of hydrogen-bond donors (Lipinski definition) is 2. The molecule has 1 saturated heterocycles. The number of nitrogens with zero attached hydrogens (tertiary/aromatic N) is 2. The normalized spacial score (nSPS) is 17.1. The Labute approximate surface area is 157 Å². The fraction of sp³-hybridized carbons (Fsp3) is 0.368. The Hall–Kier alpha value is -2.18. The van der Waals surface area contributed by atoms with Crippen molar-refractivity contribution in [2.45, 2.75) is 25.2 Å². The lowest BCUT2D eigenvalue weighted by Gasteiger charge is -2.38. The van der Waals surface area contributed by atoms with Crippen LogP contribution in [0, 0.1) is 5.82 Å². The van der Waals surface area contributed by atoms with E-state index in [9.17, 15) is 9.18 Å². The number of halogens is 2. The predicted molar refractivity (Wildman–Crippen MR) is 102 cm³/mol. The van der Waals surface area contributed by atoms with Crippen LogP contribution in [0.25, 0.3) is 0 Å². The first-order chi connectivity index (χ1) is 12.3. The second kappa shape index (κ2) is 7.21. The molecular weight excluding hydrogens is 355 g/mol. The first-order valence-electron chi connectivity index (χ1n) is 8.50. The highest BCUT2D eigenvalue weighted by Gasteiger charge is 2.30. The van der Waals surface area contributed by atoms with Gasteiger partial charge in [0.1, 0.15) is 5.82 Å². The number of amides is 1. The molecule has 0 saturated carbocycles. The molecule has 1 aliphatic rings. The molecule has 1 aromatic carbocycles. The number of hydrogen-bond acceptors (Lipinski definition) is 4. The molecule has 1 amide bonds. The van der Waals surface area contributed by atoms with Gasteiger partial charge in [0.25, 0.3) is 5.91 Å². The van der Waals surface area contributed by atoms with E-state index in [1.165, 1.54) is 5.56 Å². The Balaban J connectivity index is 1.82. The molecule has 3 rings (SSSR count). The molecule has 7 heteroatoms. The van der Waals surface area contributed by atoms with Crippen molar-refractivity contribution in [2.75, 3.05) is 25.5 Å². The van der Waals surface area contributed by atoms with E-state index in [0.29, 0.717) is 0 Å². The lowest BCUT2D eigenvalue weighted by Crippen LogP contribution is -2.38. The molecule has 0 bridgehead atoms. The maximum Gasteiger partial charge on any atom is 0.252 e. The zero-order valence-corrected chi connectivity index (χ0v) is 15.6. The van der Waals surface area contributed by atoms with Crippen LogP contribution in [0.3, 0.4) is 0 Å². The van der Waals surface area contributed by atoms with Gasteiger partial charge in [-0.15, -0.1) is 0 Å². The number of nitrogens with one attached hydrogen (secondary N) is 1. The third kappa shape index (κ3) is 3.81. The van der Waals surface area contributed by atoms with Crippen molar-refractivity contribution in [3.63, 3.8) is 0 Å². The number of aromatic nitrogens is 1. The maximum absolute atomic E-state index is 13.6. The fourth-order valence-corrected chi connectivity index (χ4v) is 3.38. The smallest absolute Gasteiger partial charge is 0.252 e. The molecule has 138 valence electrons. The quantitative estimate of drug-likeness (QED) is 0.798. The topological polar surface area (TPSA) is 71.2 Å². The number of piperidine rings is 1. The second-order valence-corrected chi connectivity index (χ2v) is 7.45. The van der Waals surface area contributed by atoms with E-state index in [1.807, 2.05) is 12.1 Å². The highest BCUT2D eigenvalue weighted by molar-refractivity contribution is 6.29. The van der Waals surface area contributed by atoms with Gasteiger partial charge in [0.05, 0.1) is 5.56 Å². The number of benzene rings is 1. The third-order valence-electron chi connectivity index (χ3n) is 5.13. The monoisotopic (exact) mass is 376 g/mol. The van der Waals surface area contributed by atoms with Gasteiger partial charge in [-0.25, -0.2) is 9.37 Å². The van der Waals surface area contributed by atoms with Crippen molar-refractivity contribution in [1.29, 1.82) is 0 Å². The van der Waals surface area contributed by atoms with Crippen LogP contribution < -0.4 is 11.1 Å². The van der Waals surface area contributed by atoms with Crippen molar-refractivity contribution >= 4 is 29.0 Å². The highest BCUT2D eigenvalue weighted by atomic mass is 35.5. The summed E-state index contributed by atoms with van der Waals surface area (Å²) in [5.74, 6) is -1.41. The first-order valence-corrected chi connectivity index (χ1v) is 8.88. The van der Waals surface area contributed by atoms with E-state index < -0.39 is 11.7 Å². The van der Waals surface area contributed by atoms with Crippen molar-refractivity contribution in [1.82, 2.24) is 9.88 Å². The molecule has 2 heterocycles. The van der Waals surface area contributed by atoms with Gasteiger partial charge in [0, 0.05) is 5.69 Å². The molecule has 1 aliphatic heterocycles. The highest BCUT2D eigenvalue weighted by Crippen LogP contribution is 2.35. The minimum absolute atomic E-state index is 0.0433. The van der Waals surface area contributed by atoms with Crippen LogP contribution in [0.1, 0.15) is 35.7 Å². The summed E-state index contributed by atoms with van der Waals surface area (Å²) in [4.78, 5) is 17.8. The van der Waals surface area contributed by atoms with Crippen LogP contribution in [-0.4, -0.2) is 35.9 Å². The van der Waals surface area contributed by atoms with Crippen LogP contribution in [0.2, 0.25) is 5.15 Å². The summed E-state index contributed by atoms with van der Waals surface area (Å²) in [6, 6.07) is 8.98. The van der Waals surface area contributed by atoms with Gasteiger partial charge in [-0.1, -0.05) is 30.7 Å². The van der Waals surface area contributed by atoms with Gasteiger partial charge in [-0.3, -0.25) is 4.79 Å². The maximum atomic E-state index is 13.6. The number of primary amides is 1. The van der Waals surface area contributed by atoms with Crippen LogP contribution in [-0.2, 0) is 5.41 Å². The molecule has 5 nitrogen and oxygen atoms in total. The summed E-state index contributed by atoms with van der Waals surface area (Å²) < 4.78 is 13.6.